The van der Waals surface area contributed by atoms with E-state index in [0.717, 1.165) is 44.6 Å². The first-order valence-corrected chi connectivity index (χ1v) is 7.91. The molecule has 0 amide bonds. The summed E-state index contributed by atoms with van der Waals surface area (Å²) in [5, 5.41) is 10.1. The molecule has 0 aromatic heterocycles. The Labute approximate surface area is 117 Å². The molecule has 2 fully saturated rings. The molecule has 110 valence electrons. The van der Waals surface area contributed by atoms with E-state index in [1.807, 2.05) is 0 Å². The molecule has 0 aliphatic heterocycles. The third-order valence-corrected chi connectivity index (χ3v) is 5.34. The predicted molar refractivity (Wildman–Crippen MR) is 77.0 cm³/mol. The maximum atomic E-state index is 11.6. The van der Waals surface area contributed by atoms with Crippen LogP contribution in [0.3, 0.4) is 0 Å². The fourth-order valence-electron chi connectivity index (χ4n) is 3.87. The summed E-state index contributed by atoms with van der Waals surface area (Å²) in [4.78, 5) is 13.9. The van der Waals surface area contributed by atoms with Gasteiger partial charge in [0.2, 0.25) is 0 Å². The summed E-state index contributed by atoms with van der Waals surface area (Å²) in [6.07, 6.45) is 9.70. The highest BCUT2D eigenvalue weighted by Gasteiger charge is 2.37. The molecule has 3 heteroatoms. The highest BCUT2D eigenvalue weighted by molar-refractivity contribution is 5.60. The number of rotatable bonds is 4. The van der Waals surface area contributed by atoms with Gasteiger partial charge in [-0.25, -0.2) is 0 Å². The van der Waals surface area contributed by atoms with Crippen LogP contribution in [0.5, 0.6) is 0 Å². The number of nitrogens with zero attached hydrogens (tertiary/aromatic N) is 1. The monoisotopic (exact) mass is 267 g/mol. The number of hydrogen-bond donors (Lipinski definition) is 1. The van der Waals surface area contributed by atoms with Crippen molar-refractivity contribution in [3.05, 3.63) is 0 Å². The maximum absolute atomic E-state index is 11.6. The van der Waals surface area contributed by atoms with E-state index in [0.29, 0.717) is 0 Å². The number of hydrogen-bond acceptors (Lipinski definition) is 3. The predicted octanol–water partition coefficient (Wildman–Crippen LogP) is 2.62. The van der Waals surface area contributed by atoms with Crippen molar-refractivity contribution in [1.82, 2.24) is 4.90 Å². The normalized spacial score (nSPS) is 40.3. The van der Waals surface area contributed by atoms with Crippen molar-refractivity contribution in [2.24, 2.45) is 11.3 Å². The van der Waals surface area contributed by atoms with Gasteiger partial charge in [0.25, 0.3) is 0 Å². The lowest BCUT2D eigenvalue weighted by Gasteiger charge is -2.42. The second-order valence-corrected chi connectivity index (χ2v) is 7.00. The second kappa shape index (κ2) is 6.36. The Kier molecular flexibility index (Phi) is 5.02. The zero-order valence-corrected chi connectivity index (χ0v) is 12.5. The highest BCUT2D eigenvalue weighted by Crippen LogP contribution is 2.38. The SMILES string of the molecule is CC1CCC(C=O)(CN(C)C2CCCCC2O)CC1. The van der Waals surface area contributed by atoms with E-state index >= 15 is 0 Å². The van der Waals surface area contributed by atoms with Crippen LogP contribution < -0.4 is 0 Å². The van der Waals surface area contributed by atoms with E-state index in [-0.39, 0.29) is 17.6 Å². The van der Waals surface area contributed by atoms with Gasteiger partial charge in [-0.15, -0.1) is 0 Å². The summed E-state index contributed by atoms with van der Waals surface area (Å²) in [5.74, 6) is 0.763. The van der Waals surface area contributed by atoms with Crippen LogP contribution >= 0.6 is 0 Å². The molecule has 0 heterocycles. The van der Waals surface area contributed by atoms with E-state index < -0.39 is 0 Å². The Morgan fingerprint density at radius 2 is 1.84 bits per heavy atom. The average molecular weight is 267 g/mol. The Hall–Kier alpha value is -0.410. The molecule has 2 aliphatic rings. The molecule has 2 rings (SSSR count). The summed E-state index contributed by atoms with van der Waals surface area (Å²) in [5.41, 5.74) is -0.154. The van der Waals surface area contributed by atoms with Crippen molar-refractivity contribution in [1.29, 1.82) is 0 Å². The van der Waals surface area contributed by atoms with E-state index in [9.17, 15) is 9.90 Å². The van der Waals surface area contributed by atoms with Gasteiger partial charge in [-0.05, 0) is 51.5 Å². The van der Waals surface area contributed by atoms with Crippen LogP contribution in [0.15, 0.2) is 0 Å². The Morgan fingerprint density at radius 3 is 2.42 bits per heavy atom. The number of carbonyl (C=O) groups excluding carboxylic acids is 1. The molecule has 1 N–H and O–H groups in total. The molecule has 3 nitrogen and oxygen atoms in total. The third-order valence-electron chi connectivity index (χ3n) is 5.34. The summed E-state index contributed by atoms with van der Waals surface area (Å²) in [6.45, 7) is 3.11. The minimum Gasteiger partial charge on any atom is -0.391 e. The maximum Gasteiger partial charge on any atom is 0.127 e. The summed E-state index contributed by atoms with van der Waals surface area (Å²) < 4.78 is 0. The van der Waals surface area contributed by atoms with Crippen molar-refractivity contribution >= 4 is 6.29 Å². The largest absolute Gasteiger partial charge is 0.391 e. The van der Waals surface area contributed by atoms with Crippen molar-refractivity contribution < 1.29 is 9.90 Å². The molecule has 2 aliphatic carbocycles. The average Bonchev–Trinajstić information content (AvgIpc) is 2.42. The first kappa shape index (κ1) is 15.0. The van der Waals surface area contributed by atoms with Crippen molar-refractivity contribution in [3.63, 3.8) is 0 Å². The molecule has 0 aromatic rings. The van der Waals surface area contributed by atoms with E-state index in [1.54, 1.807) is 0 Å². The van der Waals surface area contributed by atoms with Crippen molar-refractivity contribution in [2.75, 3.05) is 13.6 Å². The molecule has 0 saturated heterocycles. The second-order valence-electron chi connectivity index (χ2n) is 7.00. The minimum absolute atomic E-state index is 0.154. The van der Waals surface area contributed by atoms with Crippen molar-refractivity contribution in [2.45, 2.75) is 70.4 Å². The van der Waals surface area contributed by atoms with Crippen LogP contribution in [-0.4, -0.2) is 42.0 Å². The topological polar surface area (TPSA) is 40.5 Å². The van der Waals surface area contributed by atoms with E-state index in [4.69, 9.17) is 0 Å². The van der Waals surface area contributed by atoms with Crippen LogP contribution in [-0.2, 0) is 4.79 Å². The molecule has 2 unspecified atom stereocenters. The van der Waals surface area contributed by atoms with Gasteiger partial charge in [0, 0.05) is 18.0 Å². The number of aliphatic hydroxyl groups excluding tert-OH is 1. The van der Waals surface area contributed by atoms with Gasteiger partial charge < -0.3 is 9.90 Å². The standard InChI is InChI=1S/C16H29NO2/c1-13-7-9-16(12-18,10-8-13)11-17(2)14-5-3-4-6-15(14)19/h12-15,19H,3-11H2,1-2H3. The highest BCUT2D eigenvalue weighted by atomic mass is 16.3. The summed E-state index contributed by atoms with van der Waals surface area (Å²) >= 11 is 0. The van der Waals surface area contributed by atoms with Gasteiger partial charge >= 0.3 is 0 Å². The smallest absolute Gasteiger partial charge is 0.127 e. The zero-order valence-electron chi connectivity index (χ0n) is 12.5. The lowest BCUT2D eigenvalue weighted by atomic mass is 9.71. The van der Waals surface area contributed by atoms with E-state index in [2.05, 4.69) is 18.9 Å². The molecule has 2 saturated carbocycles. The third kappa shape index (κ3) is 3.57. The lowest BCUT2D eigenvalue weighted by molar-refractivity contribution is -0.120. The Bertz CT molecular complexity index is 297. The molecule has 0 spiro atoms. The number of carbonyl (C=O) groups is 1. The Balaban J connectivity index is 1.95. The van der Waals surface area contributed by atoms with Gasteiger partial charge in [0.05, 0.1) is 6.10 Å². The molecular formula is C16H29NO2. The van der Waals surface area contributed by atoms with Gasteiger partial charge in [-0.2, -0.15) is 0 Å². The molecule has 0 radical (unpaired) electrons. The van der Waals surface area contributed by atoms with Gasteiger partial charge in [0.1, 0.15) is 6.29 Å². The molecule has 0 bridgehead atoms. The zero-order chi connectivity index (χ0) is 13.9. The van der Waals surface area contributed by atoms with Crippen LogP contribution in [0.4, 0.5) is 0 Å². The van der Waals surface area contributed by atoms with Crippen LogP contribution in [0.1, 0.15) is 58.3 Å². The fraction of sp³-hybridized carbons (Fsp3) is 0.938. The number of aliphatic hydroxyl groups is 1. The quantitative estimate of drug-likeness (QED) is 0.796. The molecule has 2 atom stereocenters. The van der Waals surface area contributed by atoms with Gasteiger partial charge in [-0.3, -0.25) is 4.90 Å². The molecular weight excluding hydrogens is 238 g/mol. The lowest BCUT2D eigenvalue weighted by Crippen LogP contribution is -2.49. The first-order valence-electron chi connectivity index (χ1n) is 7.91. The summed E-state index contributed by atoms with van der Waals surface area (Å²) in [7, 11) is 2.09. The van der Waals surface area contributed by atoms with Gasteiger partial charge in [0.15, 0.2) is 0 Å². The Morgan fingerprint density at radius 1 is 1.21 bits per heavy atom. The minimum atomic E-state index is -0.204. The van der Waals surface area contributed by atoms with Crippen LogP contribution in [0.2, 0.25) is 0 Å². The first-order chi connectivity index (χ1) is 9.06. The summed E-state index contributed by atoms with van der Waals surface area (Å²) in [6, 6.07) is 0.255. The van der Waals surface area contributed by atoms with Gasteiger partial charge in [-0.1, -0.05) is 19.8 Å². The molecule has 0 aromatic carbocycles. The fourth-order valence-corrected chi connectivity index (χ4v) is 3.87. The van der Waals surface area contributed by atoms with Crippen molar-refractivity contribution in [3.8, 4) is 0 Å². The van der Waals surface area contributed by atoms with Crippen LogP contribution in [0.25, 0.3) is 0 Å². The molecule has 19 heavy (non-hydrogen) atoms. The van der Waals surface area contributed by atoms with Crippen LogP contribution in [0, 0.1) is 11.3 Å². The number of aldehydes is 1. The number of likely N-dealkylation sites (N-methyl/N-ethyl adjacent to an activating group) is 1. The van der Waals surface area contributed by atoms with E-state index in [1.165, 1.54) is 25.5 Å².